The van der Waals surface area contributed by atoms with Gasteiger partial charge in [-0.2, -0.15) is 5.10 Å². The Kier molecular flexibility index (Phi) is 8.92. The van der Waals surface area contributed by atoms with Crippen molar-refractivity contribution in [3.8, 4) is 0 Å². The largest absolute Gasteiger partial charge is 0.353 e. The lowest BCUT2D eigenvalue weighted by atomic mass is 9.91. The Morgan fingerprint density at radius 1 is 1.09 bits per heavy atom. The van der Waals surface area contributed by atoms with Crippen molar-refractivity contribution in [2.75, 3.05) is 19.6 Å². The van der Waals surface area contributed by atoms with E-state index in [0.717, 1.165) is 37.1 Å². The average molecular weight is 460 g/mol. The van der Waals surface area contributed by atoms with Gasteiger partial charge in [0, 0.05) is 56.3 Å². The highest BCUT2D eigenvalue weighted by molar-refractivity contribution is 5.94. The number of rotatable bonds is 5. The van der Waals surface area contributed by atoms with Crippen LogP contribution in [0.2, 0.25) is 0 Å². The Morgan fingerprint density at radius 3 is 2.58 bits per heavy atom. The molecule has 184 valence electrons. The molecule has 33 heavy (non-hydrogen) atoms. The van der Waals surface area contributed by atoms with E-state index in [-0.39, 0.29) is 29.7 Å². The number of fused-ring (bicyclic) bond motifs is 1. The molecular weight excluding hydrogens is 418 g/mol. The van der Waals surface area contributed by atoms with Crippen LogP contribution in [-0.4, -0.2) is 58.1 Å². The summed E-state index contributed by atoms with van der Waals surface area (Å²) in [5.74, 6) is 0.833. The van der Waals surface area contributed by atoms with Crippen LogP contribution in [0.3, 0.4) is 0 Å². The highest BCUT2D eigenvalue weighted by Gasteiger charge is 2.30. The molecule has 3 rings (SSSR count). The van der Waals surface area contributed by atoms with Crippen molar-refractivity contribution in [3.05, 3.63) is 17.0 Å². The molecule has 8 nitrogen and oxygen atoms in total. The Balaban J connectivity index is 1.78. The lowest BCUT2D eigenvalue weighted by Crippen LogP contribution is -2.40. The molecule has 0 saturated carbocycles. The zero-order chi connectivity index (χ0) is 24.0. The van der Waals surface area contributed by atoms with Crippen LogP contribution in [0.15, 0.2) is 0 Å². The third-order valence-electron chi connectivity index (χ3n) is 6.50. The SMILES string of the molecule is CC(C)CCn1nc2c3c1CCC(C3)NC(=O)CCCN(C(=O)CC(C)C)CCCNC2=O. The van der Waals surface area contributed by atoms with Crippen molar-refractivity contribution in [2.24, 2.45) is 11.8 Å². The van der Waals surface area contributed by atoms with Crippen LogP contribution in [0.1, 0.15) is 88.0 Å². The minimum atomic E-state index is -0.156. The van der Waals surface area contributed by atoms with Crippen LogP contribution < -0.4 is 10.6 Å². The number of hydrogen-bond acceptors (Lipinski definition) is 4. The number of nitrogens with one attached hydrogen (secondary N) is 2. The molecular formula is C25H41N5O3. The number of aromatic nitrogens is 2. The quantitative estimate of drug-likeness (QED) is 0.708. The van der Waals surface area contributed by atoms with Crippen LogP contribution in [0.5, 0.6) is 0 Å². The van der Waals surface area contributed by atoms with Gasteiger partial charge in [0.1, 0.15) is 0 Å². The predicted octanol–water partition coefficient (Wildman–Crippen LogP) is 2.69. The fraction of sp³-hybridized carbons (Fsp3) is 0.760. The summed E-state index contributed by atoms with van der Waals surface area (Å²) < 4.78 is 2.01. The van der Waals surface area contributed by atoms with Crippen LogP contribution in [-0.2, 0) is 29.0 Å². The molecule has 1 unspecified atom stereocenters. The van der Waals surface area contributed by atoms with E-state index in [0.29, 0.717) is 63.4 Å². The second-order valence-electron chi connectivity index (χ2n) is 10.4. The van der Waals surface area contributed by atoms with Gasteiger partial charge in [-0.1, -0.05) is 27.7 Å². The minimum absolute atomic E-state index is 0.0168. The molecule has 0 fully saturated rings. The lowest BCUT2D eigenvalue weighted by molar-refractivity contribution is -0.132. The summed E-state index contributed by atoms with van der Waals surface area (Å²) in [5, 5.41) is 10.9. The highest BCUT2D eigenvalue weighted by Crippen LogP contribution is 2.26. The fourth-order valence-electron chi connectivity index (χ4n) is 4.68. The Bertz CT molecular complexity index is 845. The summed E-state index contributed by atoms with van der Waals surface area (Å²) in [6, 6.07) is 0.0168. The molecule has 1 aliphatic carbocycles. The zero-order valence-electron chi connectivity index (χ0n) is 20.8. The number of carbonyl (C=O) groups excluding carboxylic acids is 3. The number of nitrogens with zero attached hydrogens (tertiary/aromatic N) is 3. The molecule has 1 aromatic heterocycles. The van der Waals surface area contributed by atoms with Crippen molar-refractivity contribution in [2.45, 2.75) is 91.6 Å². The smallest absolute Gasteiger partial charge is 0.272 e. The molecule has 0 spiro atoms. The first-order chi connectivity index (χ1) is 15.7. The van der Waals surface area contributed by atoms with Crippen LogP contribution in [0, 0.1) is 11.8 Å². The van der Waals surface area contributed by atoms with Crippen molar-refractivity contribution < 1.29 is 14.4 Å². The maximum absolute atomic E-state index is 13.0. The molecule has 0 saturated heterocycles. The molecule has 1 aliphatic heterocycles. The number of amides is 3. The molecule has 0 aromatic carbocycles. The van der Waals surface area contributed by atoms with Gasteiger partial charge in [-0.3, -0.25) is 19.1 Å². The second kappa shape index (κ2) is 11.7. The third-order valence-corrected chi connectivity index (χ3v) is 6.50. The Morgan fingerprint density at radius 2 is 1.85 bits per heavy atom. The van der Waals surface area contributed by atoms with Crippen LogP contribution in [0.25, 0.3) is 0 Å². The van der Waals surface area contributed by atoms with E-state index in [1.165, 1.54) is 0 Å². The monoisotopic (exact) mass is 459 g/mol. The molecule has 3 amide bonds. The maximum Gasteiger partial charge on any atom is 0.272 e. The fourth-order valence-corrected chi connectivity index (χ4v) is 4.68. The van der Waals surface area contributed by atoms with E-state index in [9.17, 15) is 14.4 Å². The highest BCUT2D eigenvalue weighted by atomic mass is 16.2. The van der Waals surface area contributed by atoms with Gasteiger partial charge in [0.05, 0.1) is 0 Å². The van der Waals surface area contributed by atoms with Gasteiger partial charge in [-0.05, 0) is 50.4 Å². The van der Waals surface area contributed by atoms with Crippen molar-refractivity contribution >= 4 is 17.7 Å². The maximum atomic E-state index is 13.0. The van der Waals surface area contributed by atoms with Gasteiger partial charge >= 0.3 is 0 Å². The molecule has 1 atom stereocenters. The standard InChI is InChI=1S/C25H41N5O3/c1-17(2)10-14-30-21-9-8-19-16-20(21)24(28-30)25(33)26-11-6-13-29(23(32)15-18(3)4)12-5-7-22(31)27-19/h17-19H,5-16H2,1-4H3,(H,26,33)(H,27,31). The van der Waals surface area contributed by atoms with Crippen molar-refractivity contribution in [1.29, 1.82) is 0 Å². The van der Waals surface area contributed by atoms with Gasteiger partial charge in [-0.15, -0.1) is 0 Å². The van der Waals surface area contributed by atoms with E-state index >= 15 is 0 Å². The number of carbonyl (C=O) groups is 3. The first-order valence-electron chi connectivity index (χ1n) is 12.7. The molecule has 2 heterocycles. The van der Waals surface area contributed by atoms with E-state index in [4.69, 9.17) is 5.10 Å². The van der Waals surface area contributed by atoms with Gasteiger partial charge in [0.25, 0.3) is 5.91 Å². The topological polar surface area (TPSA) is 96.3 Å². The molecule has 0 radical (unpaired) electrons. The summed E-state index contributed by atoms with van der Waals surface area (Å²) in [4.78, 5) is 40.2. The van der Waals surface area contributed by atoms with Gasteiger partial charge in [0.2, 0.25) is 11.8 Å². The summed E-state index contributed by atoms with van der Waals surface area (Å²) in [7, 11) is 0. The van der Waals surface area contributed by atoms with Crippen LogP contribution >= 0.6 is 0 Å². The number of hydrogen-bond donors (Lipinski definition) is 2. The average Bonchev–Trinajstić information content (AvgIpc) is 3.10. The summed E-state index contributed by atoms with van der Waals surface area (Å²) in [6.07, 6.45) is 5.56. The number of aryl methyl sites for hydroxylation is 1. The molecule has 1 aromatic rings. The van der Waals surface area contributed by atoms with E-state index in [1.807, 2.05) is 23.4 Å². The Labute approximate surface area is 197 Å². The zero-order valence-corrected chi connectivity index (χ0v) is 20.8. The minimum Gasteiger partial charge on any atom is -0.353 e. The van der Waals surface area contributed by atoms with Crippen molar-refractivity contribution in [3.63, 3.8) is 0 Å². The second-order valence-corrected chi connectivity index (χ2v) is 10.4. The molecule has 2 aliphatic rings. The summed E-state index contributed by atoms with van der Waals surface area (Å²) in [5.41, 5.74) is 2.62. The third kappa shape index (κ3) is 7.05. The van der Waals surface area contributed by atoms with Gasteiger partial charge < -0.3 is 15.5 Å². The van der Waals surface area contributed by atoms with E-state index in [2.05, 4.69) is 24.5 Å². The summed E-state index contributed by atoms with van der Waals surface area (Å²) >= 11 is 0. The lowest BCUT2D eigenvalue weighted by Gasteiger charge is -2.25. The first-order valence-corrected chi connectivity index (χ1v) is 12.7. The van der Waals surface area contributed by atoms with E-state index in [1.54, 1.807) is 0 Å². The predicted molar refractivity (Wildman–Crippen MR) is 128 cm³/mol. The van der Waals surface area contributed by atoms with Crippen molar-refractivity contribution in [1.82, 2.24) is 25.3 Å². The summed E-state index contributed by atoms with van der Waals surface area (Å²) in [6.45, 7) is 10.9. The van der Waals surface area contributed by atoms with Crippen LogP contribution in [0.4, 0.5) is 0 Å². The first kappa shape index (κ1) is 25.2. The van der Waals surface area contributed by atoms with Gasteiger partial charge in [-0.25, -0.2) is 0 Å². The molecule has 8 heteroatoms. The Hall–Kier alpha value is -2.38. The van der Waals surface area contributed by atoms with Gasteiger partial charge in [0.15, 0.2) is 5.69 Å². The normalized spacial score (nSPS) is 20.3. The molecule has 2 N–H and O–H groups in total. The van der Waals surface area contributed by atoms with E-state index < -0.39 is 0 Å². The molecule has 2 bridgehead atoms.